The van der Waals surface area contributed by atoms with Crippen LogP contribution in [0.25, 0.3) is 5.69 Å². The van der Waals surface area contributed by atoms with Gasteiger partial charge in [0.15, 0.2) is 0 Å². The molecule has 3 rings (SSSR count). The molecule has 1 N–H and O–H groups in total. The minimum atomic E-state index is -1.55. The monoisotopic (exact) mass is 341 g/mol. The lowest BCUT2D eigenvalue weighted by atomic mass is 10.2. The van der Waals surface area contributed by atoms with E-state index in [9.17, 15) is 23.9 Å². The maximum atomic E-state index is 13.3. The van der Waals surface area contributed by atoms with Gasteiger partial charge in [-0.3, -0.25) is 9.36 Å². The van der Waals surface area contributed by atoms with Gasteiger partial charge in [0.2, 0.25) is 5.69 Å². The molecule has 0 amide bonds. The highest BCUT2D eigenvalue weighted by Crippen LogP contribution is 2.05. The minimum absolute atomic E-state index is 0.273. The molecule has 0 saturated heterocycles. The van der Waals surface area contributed by atoms with Crippen molar-refractivity contribution in [3.63, 3.8) is 0 Å². The fourth-order valence-corrected chi connectivity index (χ4v) is 2.34. The van der Waals surface area contributed by atoms with E-state index >= 15 is 0 Å². The van der Waals surface area contributed by atoms with Gasteiger partial charge in [-0.1, -0.05) is 30.3 Å². The third-order valence-electron chi connectivity index (χ3n) is 3.49. The molecule has 0 saturated carbocycles. The molecular weight excluding hydrogens is 329 g/mol. The van der Waals surface area contributed by atoms with Gasteiger partial charge in [0.25, 0.3) is 5.56 Å². The molecule has 0 spiro atoms. The number of halogens is 1. The maximum Gasteiger partial charge on any atom is 0.362 e. The molecule has 0 atom stereocenters. The number of aromatic carboxylic acids is 1. The number of rotatable bonds is 4. The molecule has 8 heteroatoms. The van der Waals surface area contributed by atoms with Gasteiger partial charge in [0, 0.05) is 0 Å². The quantitative estimate of drug-likeness (QED) is 0.771. The molecule has 7 nitrogen and oxygen atoms in total. The molecule has 0 fully saturated rings. The highest BCUT2D eigenvalue weighted by atomic mass is 19.1. The van der Waals surface area contributed by atoms with Crippen LogP contribution in [0.2, 0.25) is 0 Å². The van der Waals surface area contributed by atoms with Crippen molar-refractivity contribution >= 4 is 5.97 Å². The molecule has 0 aliphatic heterocycles. The molecule has 126 valence electrons. The molecule has 0 bridgehead atoms. The van der Waals surface area contributed by atoms with Crippen LogP contribution in [0.4, 0.5) is 4.39 Å². The number of hydrogen-bond acceptors (Lipinski definition) is 4. The Morgan fingerprint density at radius 3 is 2.44 bits per heavy atom. The minimum Gasteiger partial charge on any atom is -0.476 e. The van der Waals surface area contributed by atoms with Gasteiger partial charge in [0.05, 0.1) is 12.2 Å². The summed E-state index contributed by atoms with van der Waals surface area (Å²) in [5.41, 5.74) is -2.00. The average molecular weight is 341 g/mol. The van der Waals surface area contributed by atoms with E-state index in [-0.39, 0.29) is 6.54 Å². The van der Waals surface area contributed by atoms with Crippen LogP contribution >= 0.6 is 0 Å². The fraction of sp³-hybridized carbons (Fsp3) is 0.0588. The number of nitrogens with zero attached hydrogens (tertiary/aromatic N) is 3. The third-order valence-corrected chi connectivity index (χ3v) is 3.49. The van der Waals surface area contributed by atoms with Crippen molar-refractivity contribution in [3.8, 4) is 5.69 Å². The molecule has 25 heavy (non-hydrogen) atoms. The van der Waals surface area contributed by atoms with E-state index in [1.807, 2.05) is 0 Å². The zero-order chi connectivity index (χ0) is 18.0. The standard InChI is InChI=1S/C17H12FN3O4/c18-12-6-4-5-11(9-12)10-20-15(22)14(16(23)24)19-21(17(20)25)13-7-2-1-3-8-13/h1-9H,10H2,(H,23,24). The number of carboxylic acids is 1. The predicted molar refractivity (Wildman–Crippen MR) is 86.6 cm³/mol. The number of aromatic nitrogens is 3. The van der Waals surface area contributed by atoms with Crippen molar-refractivity contribution in [2.75, 3.05) is 0 Å². The Kier molecular flexibility index (Phi) is 4.25. The Hall–Kier alpha value is -3.55. The summed E-state index contributed by atoms with van der Waals surface area (Å²) in [5.74, 6) is -2.08. The van der Waals surface area contributed by atoms with E-state index in [1.54, 1.807) is 30.3 Å². The van der Waals surface area contributed by atoms with E-state index in [2.05, 4.69) is 5.10 Å². The van der Waals surface area contributed by atoms with Gasteiger partial charge in [-0.2, -0.15) is 9.78 Å². The van der Waals surface area contributed by atoms with Crippen molar-refractivity contribution in [2.45, 2.75) is 6.54 Å². The fourth-order valence-electron chi connectivity index (χ4n) is 2.34. The molecule has 1 aromatic heterocycles. The second-order valence-electron chi connectivity index (χ2n) is 5.20. The highest BCUT2D eigenvalue weighted by molar-refractivity contribution is 5.84. The van der Waals surface area contributed by atoms with Gasteiger partial charge in [-0.15, -0.1) is 0 Å². The summed E-state index contributed by atoms with van der Waals surface area (Å²) >= 11 is 0. The molecule has 2 aromatic carbocycles. The van der Waals surface area contributed by atoms with Crippen LogP contribution in [0.1, 0.15) is 16.1 Å². The van der Waals surface area contributed by atoms with Gasteiger partial charge >= 0.3 is 11.7 Å². The van der Waals surface area contributed by atoms with Crippen LogP contribution in [-0.2, 0) is 6.54 Å². The first-order chi connectivity index (χ1) is 12.0. The normalized spacial score (nSPS) is 10.6. The molecule has 3 aromatic rings. The van der Waals surface area contributed by atoms with E-state index in [1.165, 1.54) is 24.3 Å². The van der Waals surface area contributed by atoms with Crippen molar-refractivity contribution < 1.29 is 14.3 Å². The van der Waals surface area contributed by atoms with Gasteiger partial charge in [-0.25, -0.2) is 14.0 Å². The van der Waals surface area contributed by atoms with Gasteiger partial charge in [-0.05, 0) is 29.8 Å². The van der Waals surface area contributed by atoms with Crippen LogP contribution in [-0.4, -0.2) is 25.4 Å². The lowest BCUT2D eigenvalue weighted by molar-refractivity contribution is 0.0684. The van der Waals surface area contributed by atoms with E-state index < -0.39 is 28.7 Å². The SMILES string of the molecule is O=C(O)c1nn(-c2ccccc2)c(=O)n(Cc2cccc(F)c2)c1=O. The van der Waals surface area contributed by atoms with Crippen molar-refractivity contribution in [1.82, 2.24) is 14.3 Å². The number of benzene rings is 2. The molecule has 0 aliphatic rings. The van der Waals surface area contributed by atoms with Crippen molar-refractivity contribution in [2.24, 2.45) is 0 Å². The Labute approximate surface area is 140 Å². The van der Waals surface area contributed by atoms with E-state index in [4.69, 9.17) is 0 Å². The smallest absolute Gasteiger partial charge is 0.362 e. The summed E-state index contributed by atoms with van der Waals surface area (Å²) < 4.78 is 14.9. The number of carbonyl (C=O) groups is 1. The second kappa shape index (κ2) is 6.52. The van der Waals surface area contributed by atoms with Crippen LogP contribution in [0.3, 0.4) is 0 Å². The van der Waals surface area contributed by atoms with Crippen LogP contribution in [0, 0.1) is 5.82 Å². The maximum absolute atomic E-state index is 13.3. The summed E-state index contributed by atoms with van der Waals surface area (Å²) in [4.78, 5) is 36.3. The molecule has 0 unspecified atom stereocenters. The first kappa shape index (κ1) is 16.3. The van der Waals surface area contributed by atoms with Crippen molar-refractivity contribution in [3.05, 3.63) is 92.5 Å². The summed E-state index contributed by atoms with van der Waals surface area (Å²) in [5, 5.41) is 12.9. The third kappa shape index (κ3) is 3.23. The van der Waals surface area contributed by atoms with Crippen LogP contribution < -0.4 is 11.2 Å². The Morgan fingerprint density at radius 2 is 1.80 bits per heavy atom. The average Bonchev–Trinajstić information content (AvgIpc) is 2.59. The van der Waals surface area contributed by atoms with E-state index in [0.717, 1.165) is 9.25 Å². The Morgan fingerprint density at radius 1 is 1.08 bits per heavy atom. The lowest BCUT2D eigenvalue weighted by Gasteiger charge is -2.10. The summed E-state index contributed by atoms with van der Waals surface area (Å²) in [7, 11) is 0. The topological polar surface area (TPSA) is 94.2 Å². The Bertz CT molecular complexity index is 1060. The number of hydrogen-bond donors (Lipinski definition) is 1. The van der Waals surface area contributed by atoms with Crippen molar-refractivity contribution in [1.29, 1.82) is 0 Å². The van der Waals surface area contributed by atoms with Gasteiger partial charge in [0.1, 0.15) is 5.82 Å². The van der Waals surface area contributed by atoms with Crippen LogP contribution in [0.5, 0.6) is 0 Å². The molecular formula is C17H12FN3O4. The largest absolute Gasteiger partial charge is 0.476 e. The number of carboxylic acid groups (broad SMARTS) is 1. The first-order valence-electron chi connectivity index (χ1n) is 7.24. The first-order valence-corrected chi connectivity index (χ1v) is 7.24. The van der Waals surface area contributed by atoms with Gasteiger partial charge < -0.3 is 5.11 Å². The molecule has 0 radical (unpaired) electrons. The summed E-state index contributed by atoms with van der Waals surface area (Å²) in [6.07, 6.45) is 0. The number of para-hydroxylation sites is 1. The zero-order valence-corrected chi connectivity index (χ0v) is 12.8. The molecule has 0 aliphatic carbocycles. The Balaban J connectivity index is 2.23. The zero-order valence-electron chi connectivity index (χ0n) is 12.8. The summed E-state index contributed by atoms with van der Waals surface area (Å²) in [6, 6.07) is 13.5. The predicted octanol–water partition coefficient (Wildman–Crippen LogP) is 1.28. The van der Waals surface area contributed by atoms with E-state index in [0.29, 0.717) is 11.3 Å². The second-order valence-corrected chi connectivity index (χ2v) is 5.20. The lowest BCUT2D eigenvalue weighted by Crippen LogP contribution is -2.44. The van der Waals surface area contributed by atoms with Crippen LogP contribution in [0.15, 0.2) is 64.2 Å². The summed E-state index contributed by atoms with van der Waals surface area (Å²) in [6.45, 7) is -0.273. The molecule has 1 heterocycles. The highest BCUT2D eigenvalue weighted by Gasteiger charge is 2.19.